The zero-order valence-electron chi connectivity index (χ0n) is 52.4. The number of aromatic nitrogens is 1. The third-order valence-electron chi connectivity index (χ3n) is 14.7. The van der Waals surface area contributed by atoms with E-state index in [2.05, 4.69) is 68.8 Å². The van der Waals surface area contributed by atoms with E-state index in [0.717, 1.165) is 25.7 Å². The molecule has 11 amide bonds. The van der Waals surface area contributed by atoms with Crippen molar-refractivity contribution in [2.45, 2.75) is 172 Å². The Morgan fingerprint density at radius 2 is 1.06 bits per heavy atom. The second-order valence-electron chi connectivity index (χ2n) is 22.6. The van der Waals surface area contributed by atoms with Gasteiger partial charge in [0.1, 0.15) is 66.5 Å². The number of hydrogen-bond acceptors (Lipinski definition) is 19. The first-order valence-corrected chi connectivity index (χ1v) is 29.9. The standard InChI is InChI=1S/C56H89N19O18/c1-25(2)41(57)51(89)73-38(24-77)53(91)75-19-11-16-39(75)50(88)66-27(4)44(82)70-35(20-30-22-64-32-13-8-7-12-31(30)32)48(86)71-36(21-40(79)80)47(85)65-26(3)43(81)68-34(15-10-18-63-56(60)61)46(84)74-42(29(6)78)52(90)69-33(14-9-17-62-55(58)59)45(83)72-37(23-76)49(87)67-28(5)54(92)93/h7-8,12-13,22,25-29,33-39,41-42,64,76-78H,9-11,14-21,23-24,57H2,1-6H3,(H,65,85)(H,66,88)(H,67,87)(H,68,81)(H,69,90)(H,70,82)(H,71,86)(H,72,83)(H,73,89)(H,74,84)(H,79,80)(H,92,93)(H4,58,59,62)(H4,60,61,63)/t26-,27-,28-,29+,33-,34-,35-,36-,37-,38-,39-,41-,42-/m0/s1. The van der Waals surface area contributed by atoms with Crippen LogP contribution >= 0.6 is 0 Å². The predicted octanol–water partition coefficient (Wildman–Crippen LogP) is -7.96. The molecule has 1 aliphatic rings. The summed E-state index contributed by atoms with van der Waals surface area (Å²) >= 11 is 0. The quantitative estimate of drug-likeness (QED) is 0.0169. The van der Waals surface area contributed by atoms with Crippen molar-refractivity contribution in [2.24, 2.45) is 23.1 Å². The lowest BCUT2D eigenvalue weighted by molar-refractivity contribution is -0.143. The highest BCUT2D eigenvalue weighted by atomic mass is 16.4. The van der Waals surface area contributed by atoms with Crippen LogP contribution in [0, 0.1) is 16.7 Å². The summed E-state index contributed by atoms with van der Waals surface area (Å²) in [5, 5.41) is 93.9. The van der Waals surface area contributed by atoms with E-state index < -0.39 is 187 Å². The maximum atomic E-state index is 14.4. The van der Waals surface area contributed by atoms with Crippen molar-refractivity contribution in [1.82, 2.24) is 73.7 Å². The number of rotatable bonds is 38. The van der Waals surface area contributed by atoms with Gasteiger partial charge in [-0.15, -0.1) is 0 Å². The molecule has 0 bridgehead atoms. The molecule has 2 heterocycles. The van der Waals surface area contributed by atoms with E-state index in [1.165, 1.54) is 6.92 Å². The molecule has 0 saturated carbocycles. The summed E-state index contributed by atoms with van der Waals surface area (Å²) in [6.45, 7) is 6.15. The Labute approximate surface area is 534 Å². The molecule has 1 saturated heterocycles. The van der Waals surface area contributed by atoms with Crippen LogP contribution in [-0.2, 0) is 68.7 Å². The van der Waals surface area contributed by atoms with E-state index in [-0.39, 0.29) is 64.1 Å². The minimum atomic E-state index is -1.96. The Hall–Kier alpha value is -9.75. The number of likely N-dealkylation sites (tertiary alicyclic amines) is 1. The van der Waals surface area contributed by atoms with Crippen LogP contribution in [0.4, 0.5) is 0 Å². The number of carboxylic acid groups (broad SMARTS) is 2. The summed E-state index contributed by atoms with van der Waals surface area (Å²) in [4.78, 5) is 178. The average Bonchev–Trinajstić information content (AvgIpc) is 1.79. The first-order chi connectivity index (χ1) is 43.7. The second-order valence-corrected chi connectivity index (χ2v) is 22.6. The molecule has 1 aromatic heterocycles. The summed E-state index contributed by atoms with van der Waals surface area (Å²) in [6.07, 6.45) is -1.62. The number of nitrogens with one attached hydrogen (secondary N) is 15. The molecule has 93 heavy (non-hydrogen) atoms. The zero-order valence-corrected chi connectivity index (χ0v) is 52.4. The van der Waals surface area contributed by atoms with Gasteiger partial charge < -0.3 is 116 Å². The molecule has 13 atom stereocenters. The van der Waals surface area contributed by atoms with Crippen molar-refractivity contribution in [3.63, 3.8) is 0 Å². The number of para-hydroxylation sites is 1. The molecule has 1 aliphatic heterocycles. The number of amides is 11. The first-order valence-electron chi connectivity index (χ1n) is 29.9. The van der Waals surface area contributed by atoms with E-state index in [1.807, 2.05) is 0 Å². The number of benzene rings is 1. The fourth-order valence-electron chi connectivity index (χ4n) is 9.35. The van der Waals surface area contributed by atoms with Crippen LogP contribution in [-0.4, -0.2) is 236 Å². The Bertz CT molecular complexity index is 3020. The van der Waals surface area contributed by atoms with E-state index in [0.29, 0.717) is 22.9 Å². The van der Waals surface area contributed by atoms with E-state index in [4.69, 9.17) is 28.0 Å². The summed E-state index contributed by atoms with van der Waals surface area (Å²) in [5.41, 5.74) is 17.8. The number of carboxylic acids is 2. The van der Waals surface area contributed by atoms with Crippen LogP contribution in [0.5, 0.6) is 0 Å². The van der Waals surface area contributed by atoms with Gasteiger partial charge in [-0.3, -0.25) is 73.1 Å². The number of carbonyl (C=O) groups excluding carboxylic acids is 11. The maximum absolute atomic E-state index is 14.4. The third kappa shape index (κ3) is 24.8. The molecule has 3 rings (SSSR count). The van der Waals surface area contributed by atoms with Gasteiger partial charge in [0, 0.05) is 43.2 Å². The monoisotopic (exact) mass is 1320 g/mol. The van der Waals surface area contributed by atoms with Crippen molar-refractivity contribution in [3.05, 3.63) is 36.0 Å². The number of aliphatic hydroxyl groups excluding tert-OH is 3. The van der Waals surface area contributed by atoms with Crippen LogP contribution in [0.2, 0.25) is 0 Å². The highest BCUT2D eigenvalue weighted by molar-refractivity contribution is 6.00. The molecule has 0 aliphatic carbocycles. The average molecular weight is 1320 g/mol. The summed E-state index contributed by atoms with van der Waals surface area (Å²) in [7, 11) is 0. The number of guanidine groups is 2. The highest BCUT2D eigenvalue weighted by Crippen LogP contribution is 2.21. The fraction of sp³-hybridized carbons (Fsp3) is 0.589. The summed E-state index contributed by atoms with van der Waals surface area (Å²) in [6, 6.07) is -11.6. The Morgan fingerprint density at radius 1 is 0.591 bits per heavy atom. The molecule has 516 valence electrons. The molecule has 37 nitrogen and oxygen atoms in total. The van der Waals surface area contributed by atoms with Gasteiger partial charge in [0.2, 0.25) is 65.0 Å². The minimum absolute atomic E-state index is 0.0112. The van der Waals surface area contributed by atoms with Gasteiger partial charge in [0.05, 0.1) is 31.8 Å². The molecule has 26 N–H and O–H groups in total. The Balaban J connectivity index is 1.86. The van der Waals surface area contributed by atoms with Crippen LogP contribution in [0.25, 0.3) is 10.9 Å². The zero-order chi connectivity index (χ0) is 70.0. The van der Waals surface area contributed by atoms with Crippen molar-refractivity contribution < 1.29 is 87.9 Å². The molecule has 0 radical (unpaired) electrons. The summed E-state index contributed by atoms with van der Waals surface area (Å²) in [5.74, 6) is -15.4. The smallest absolute Gasteiger partial charge is 0.325 e. The van der Waals surface area contributed by atoms with E-state index >= 15 is 0 Å². The lowest BCUT2D eigenvalue weighted by Gasteiger charge is -2.29. The molecular weight excluding hydrogens is 1230 g/mol. The number of fused-ring (bicyclic) bond motifs is 1. The number of aliphatic hydroxyl groups is 3. The van der Waals surface area contributed by atoms with Crippen LogP contribution in [0.3, 0.4) is 0 Å². The Morgan fingerprint density at radius 3 is 1.60 bits per heavy atom. The second kappa shape index (κ2) is 37.6. The van der Waals surface area contributed by atoms with Gasteiger partial charge >= 0.3 is 11.9 Å². The van der Waals surface area contributed by atoms with Crippen LogP contribution < -0.4 is 81.0 Å². The highest BCUT2D eigenvalue weighted by Gasteiger charge is 2.40. The number of aromatic amines is 1. The van der Waals surface area contributed by atoms with Gasteiger partial charge in [-0.1, -0.05) is 32.0 Å². The first kappa shape index (κ1) is 77.5. The topological polar surface area (TPSA) is 612 Å². The summed E-state index contributed by atoms with van der Waals surface area (Å²) < 4.78 is 0. The lowest BCUT2D eigenvalue weighted by atomic mass is 10.0. The number of hydrogen-bond donors (Lipinski definition) is 23. The van der Waals surface area contributed by atoms with Crippen molar-refractivity contribution in [3.8, 4) is 0 Å². The van der Waals surface area contributed by atoms with Gasteiger partial charge in [-0.2, -0.15) is 0 Å². The number of nitrogens with zero attached hydrogens (tertiary/aromatic N) is 1. The fourth-order valence-corrected chi connectivity index (χ4v) is 9.35. The molecule has 1 aromatic carbocycles. The number of H-pyrrole nitrogens is 1. The van der Waals surface area contributed by atoms with Crippen LogP contribution in [0.1, 0.15) is 92.1 Å². The third-order valence-corrected chi connectivity index (χ3v) is 14.7. The van der Waals surface area contributed by atoms with Gasteiger partial charge in [-0.25, -0.2) is 0 Å². The largest absolute Gasteiger partial charge is 0.481 e. The van der Waals surface area contributed by atoms with Crippen molar-refractivity contribution in [2.75, 3.05) is 32.8 Å². The van der Waals surface area contributed by atoms with Crippen LogP contribution in [0.15, 0.2) is 30.5 Å². The molecule has 1 fully saturated rings. The van der Waals surface area contributed by atoms with Gasteiger partial charge in [0.25, 0.3) is 0 Å². The maximum Gasteiger partial charge on any atom is 0.325 e. The lowest BCUT2D eigenvalue weighted by Crippen LogP contribution is -2.62. The van der Waals surface area contributed by atoms with E-state index in [1.54, 1.807) is 44.3 Å². The van der Waals surface area contributed by atoms with Gasteiger partial charge in [0.15, 0.2) is 11.9 Å². The van der Waals surface area contributed by atoms with Crippen molar-refractivity contribution >= 4 is 99.7 Å². The minimum Gasteiger partial charge on any atom is -0.481 e. The predicted molar refractivity (Wildman–Crippen MR) is 330 cm³/mol. The normalized spacial score (nSPS) is 16.6. The molecule has 0 unspecified atom stereocenters. The molecule has 0 spiro atoms. The molecular formula is C56H89N19O18. The van der Waals surface area contributed by atoms with Crippen molar-refractivity contribution in [1.29, 1.82) is 10.8 Å². The number of nitrogens with two attached hydrogens (primary N) is 3. The number of aliphatic carboxylic acids is 2. The molecule has 37 heteroatoms. The molecule has 2 aromatic rings. The number of carbonyl (C=O) groups is 13. The SMILES string of the molecule is CC(C)[C@H](N)C(=O)N[C@@H](CO)C(=O)N1CCC[C@H]1C(=O)N[C@@H](C)C(=O)N[C@@H](Cc1c[nH]c2ccccc12)C(=O)N[C@@H](CC(=O)O)C(=O)N[C@@H](C)C(=O)N[C@@H](CCCNC(=N)N)C(=O)N[C@H](C(=O)N[C@@H](CCCNC(=N)N)C(=O)N[C@@H](CO)C(=O)N[C@@H](C)C(=O)O)[C@@H](C)O. The van der Waals surface area contributed by atoms with Gasteiger partial charge in [-0.05, 0) is 83.8 Å². The Kier molecular flexibility index (Phi) is 31.3. The van der Waals surface area contributed by atoms with E-state index in [9.17, 15) is 87.9 Å².